The lowest BCUT2D eigenvalue weighted by Gasteiger charge is -2.15. The van der Waals surface area contributed by atoms with Crippen LogP contribution < -0.4 is 10.1 Å². The summed E-state index contributed by atoms with van der Waals surface area (Å²) < 4.78 is 5.17. The van der Waals surface area contributed by atoms with Crippen LogP contribution in [-0.2, 0) is 11.2 Å². The minimum Gasteiger partial charge on any atom is -0.497 e. The number of methoxy groups -OCH3 is 1. The highest BCUT2D eigenvalue weighted by Crippen LogP contribution is 2.22. The Balaban J connectivity index is 1.46. The van der Waals surface area contributed by atoms with Gasteiger partial charge in [-0.05, 0) is 53.1 Å². The lowest BCUT2D eigenvalue weighted by atomic mass is 10.0. The molecule has 0 saturated heterocycles. The first kappa shape index (κ1) is 22.7. The zero-order chi connectivity index (χ0) is 23.9. The van der Waals surface area contributed by atoms with E-state index in [1.807, 2.05) is 78.9 Å². The predicted molar refractivity (Wildman–Crippen MR) is 131 cm³/mol. The standard InChI is InChI=1S/C28H24N2O4/c1-34-23-16-14-22(15-17-23)24-8-5-9-25(29-24)27(31)30-26(28(32)33)18-19-10-12-21(13-11-19)20-6-3-2-4-7-20/h2-17,26H,18H2,1H3,(H,30,31)(H,32,33)/t26-/m0/s1. The van der Waals surface area contributed by atoms with E-state index in [4.69, 9.17) is 4.74 Å². The molecule has 0 aliphatic heterocycles. The van der Waals surface area contributed by atoms with Crippen LogP contribution in [0.5, 0.6) is 5.75 Å². The van der Waals surface area contributed by atoms with Crippen LogP contribution in [0.25, 0.3) is 22.4 Å². The van der Waals surface area contributed by atoms with E-state index in [-0.39, 0.29) is 12.1 Å². The third-order valence-corrected chi connectivity index (χ3v) is 5.47. The molecule has 0 bridgehead atoms. The molecular weight excluding hydrogens is 428 g/mol. The molecule has 4 aromatic rings. The predicted octanol–water partition coefficient (Wildman–Crippen LogP) is 4.85. The van der Waals surface area contributed by atoms with Crippen molar-refractivity contribution < 1.29 is 19.4 Å². The van der Waals surface area contributed by atoms with Gasteiger partial charge in [-0.2, -0.15) is 0 Å². The van der Waals surface area contributed by atoms with Crippen molar-refractivity contribution in [3.05, 3.63) is 108 Å². The molecule has 0 aliphatic carbocycles. The smallest absolute Gasteiger partial charge is 0.326 e. The maximum atomic E-state index is 12.8. The number of nitrogens with one attached hydrogen (secondary N) is 1. The van der Waals surface area contributed by atoms with Crippen LogP contribution in [0.3, 0.4) is 0 Å². The van der Waals surface area contributed by atoms with E-state index in [1.54, 1.807) is 25.3 Å². The van der Waals surface area contributed by atoms with Crippen molar-refractivity contribution in [1.29, 1.82) is 0 Å². The number of carbonyl (C=O) groups excluding carboxylic acids is 1. The molecule has 6 nitrogen and oxygen atoms in total. The topological polar surface area (TPSA) is 88.5 Å². The van der Waals surface area contributed by atoms with Gasteiger partial charge in [-0.15, -0.1) is 0 Å². The Morgan fingerprint density at radius 3 is 2.12 bits per heavy atom. The molecule has 34 heavy (non-hydrogen) atoms. The number of carboxylic acids is 1. The van der Waals surface area contributed by atoms with E-state index in [9.17, 15) is 14.7 Å². The Labute approximate surface area is 197 Å². The van der Waals surface area contributed by atoms with Crippen LogP contribution in [-0.4, -0.2) is 35.1 Å². The Morgan fingerprint density at radius 2 is 1.47 bits per heavy atom. The number of nitrogens with zero attached hydrogens (tertiary/aromatic N) is 1. The summed E-state index contributed by atoms with van der Waals surface area (Å²) in [5.74, 6) is -0.922. The van der Waals surface area contributed by atoms with Gasteiger partial charge in [-0.3, -0.25) is 4.79 Å². The molecule has 4 rings (SSSR count). The van der Waals surface area contributed by atoms with Crippen molar-refractivity contribution in [2.45, 2.75) is 12.5 Å². The number of hydrogen-bond acceptors (Lipinski definition) is 4. The van der Waals surface area contributed by atoms with Gasteiger partial charge < -0.3 is 15.2 Å². The first-order chi connectivity index (χ1) is 16.5. The molecule has 0 saturated carbocycles. The second kappa shape index (κ2) is 10.4. The summed E-state index contributed by atoms with van der Waals surface area (Å²) in [7, 11) is 1.59. The van der Waals surface area contributed by atoms with Crippen LogP contribution in [0, 0.1) is 0 Å². The summed E-state index contributed by atoms with van der Waals surface area (Å²) in [5, 5.41) is 12.3. The average molecular weight is 453 g/mol. The second-order valence-corrected chi connectivity index (χ2v) is 7.77. The minimum atomic E-state index is -1.10. The van der Waals surface area contributed by atoms with Crippen molar-refractivity contribution >= 4 is 11.9 Å². The highest BCUT2D eigenvalue weighted by molar-refractivity contribution is 5.95. The van der Waals surface area contributed by atoms with Gasteiger partial charge in [0.15, 0.2) is 0 Å². The zero-order valence-corrected chi connectivity index (χ0v) is 18.6. The van der Waals surface area contributed by atoms with E-state index in [2.05, 4.69) is 10.3 Å². The first-order valence-electron chi connectivity index (χ1n) is 10.8. The molecule has 0 unspecified atom stereocenters. The maximum absolute atomic E-state index is 12.8. The average Bonchev–Trinajstić information content (AvgIpc) is 2.89. The van der Waals surface area contributed by atoms with Gasteiger partial charge in [-0.1, -0.05) is 60.7 Å². The number of carbonyl (C=O) groups is 2. The fourth-order valence-electron chi connectivity index (χ4n) is 3.62. The van der Waals surface area contributed by atoms with Gasteiger partial charge in [0.2, 0.25) is 0 Å². The zero-order valence-electron chi connectivity index (χ0n) is 18.6. The van der Waals surface area contributed by atoms with E-state index in [0.717, 1.165) is 28.0 Å². The van der Waals surface area contributed by atoms with E-state index in [0.29, 0.717) is 5.69 Å². The lowest BCUT2D eigenvalue weighted by Crippen LogP contribution is -2.42. The Bertz CT molecular complexity index is 1270. The summed E-state index contributed by atoms with van der Waals surface area (Å²) >= 11 is 0. The summed E-state index contributed by atoms with van der Waals surface area (Å²) in [5.41, 5.74) is 4.52. The Kier molecular flexibility index (Phi) is 6.98. The molecule has 0 aliphatic rings. The molecule has 0 spiro atoms. The van der Waals surface area contributed by atoms with Gasteiger partial charge in [0.25, 0.3) is 5.91 Å². The molecule has 2 N–H and O–H groups in total. The number of amides is 1. The fourth-order valence-corrected chi connectivity index (χ4v) is 3.62. The van der Waals surface area contributed by atoms with Gasteiger partial charge >= 0.3 is 5.97 Å². The number of ether oxygens (including phenoxy) is 1. The van der Waals surface area contributed by atoms with E-state index in [1.165, 1.54) is 0 Å². The van der Waals surface area contributed by atoms with Crippen LogP contribution in [0.1, 0.15) is 16.1 Å². The number of rotatable bonds is 8. The van der Waals surface area contributed by atoms with Crippen molar-refractivity contribution in [1.82, 2.24) is 10.3 Å². The Hall–Kier alpha value is -4.45. The number of pyridine rings is 1. The van der Waals surface area contributed by atoms with Gasteiger partial charge in [-0.25, -0.2) is 9.78 Å². The lowest BCUT2D eigenvalue weighted by molar-refractivity contribution is -0.139. The first-order valence-corrected chi connectivity index (χ1v) is 10.8. The molecule has 6 heteroatoms. The number of aromatic nitrogens is 1. The van der Waals surface area contributed by atoms with Crippen LogP contribution in [0.15, 0.2) is 97.1 Å². The van der Waals surface area contributed by atoms with Gasteiger partial charge in [0, 0.05) is 12.0 Å². The molecule has 1 aromatic heterocycles. The molecule has 0 fully saturated rings. The summed E-state index contributed by atoms with van der Waals surface area (Å²) in [6, 6.07) is 28.9. The van der Waals surface area contributed by atoms with E-state index >= 15 is 0 Å². The second-order valence-electron chi connectivity index (χ2n) is 7.77. The summed E-state index contributed by atoms with van der Waals surface area (Å²) in [6.07, 6.45) is 0.161. The van der Waals surface area contributed by atoms with Crippen molar-refractivity contribution in [2.24, 2.45) is 0 Å². The molecule has 1 amide bonds. The third kappa shape index (κ3) is 5.48. The van der Waals surface area contributed by atoms with Crippen LogP contribution in [0.2, 0.25) is 0 Å². The molecule has 1 heterocycles. The van der Waals surface area contributed by atoms with E-state index < -0.39 is 17.9 Å². The minimum absolute atomic E-state index is 0.152. The number of aliphatic carboxylic acids is 1. The van der Waals surface area contributed by atoms with Crippen LogP contribution >= 0.6 is 0 Å². The molecular formula is C28H24N2O4. The quantitative estimate of drug-likeness (QED) is 0.399. The molecule has 3 aromatic carbocycles. The number of carboxylic acid groups (broad SMARTS) is 1. The SMILES string of the molecule is COc1ccc(-c2cccc(C(=O)N[C@@H](Cc3ccc(-c4ccccc4)cc3)C(=O)O)n2)cc1. The fraction of sp³-hybridized carbons (Fsp3) is 0.107. The monoisotopic (exact) mass is 452 g/mol. The van der Waals surface area contributed by atoms with Crippen molar-refractivity contribution in [3.63, 3.8) is 0 Å². The summed E-state index contributed by atoms with van der Waals surface area (Å²) in [4.78, 5) is 29.1. The van der Waals surface area contributed by atoms with Gasteiger partial charge in [0.1, 0.15) is 17.5 Å². The normalized spacial score (nSPS) is 11.4. The van der Waals surface area contributed by atoms with Crippen LogP contribution in [0.4, 0.5) is 0 Å². The summed E-state index contributed by atoms with van der Waals surface area (Å²) in [6.45, 7) is 0. The molecule has 0 radical (unpaired) electrons. The molecule has 1 atom stereocenters. The molecule has 170 valence electrons. The third-order valence-electron chi connectivity index (χ3n) is 5.47. The largest absolute Gasteiger partial charge is 0.497 e. The van der Waals surface area contributed by atoms with Crippen molar-refractivity contribution in [2.75, 3.05) is 7.11 Å². The highest BCUT2D eigenvalue weighted by Gasteiger charge is 2.22. The van der Waals surface area contributed by atoms with Gasteiger partial charge in [0.05, 0.1) is 12.8 Å². The Morgan fingerprint density at radius 1 is 0.824 bits per heavy atom. The van der Waals surface area contributed by atoms with Crippen molar-refractivity contribution in [3.8, 4) is 28.1 Å². The highest BCUT2D eigenvalue weighted by atomic mass is 16.5. The maximum Gasteiger partial charge on any atom is 0.326 e. The number of hydrogen-bond donors (Lipinski definition) is 2. The number of benzene rings is 3.